The number of hydrogen-bond acceptors (Lipinski definition) is 3. The number of benzene rings is 1. The molecule has 0 atom stereocenters. The van der Waals surface area contributed by atoms with E-state index in [4.69, 9.17) is 5.73 Å². The molecule has 1 heterocycles. The van der Waals surface area contributed by atoms with Crippen molar-refractivity contribution in [3.05, 3.63) is 48.3 Å². The second-order valence-electron chi connectivity index (χ2n) is 5.92. The average molecular weight is 299 g/mol. The van der Waals surface area contributed by atoms with E-state index >= 15 is 0 Å². The fraction of sp³-hybridized carbons (Fsp3) is 0.375. The maximum absolute atomic E-state index is 12.0. The number of nitrogens with zero attached hydrogens (tertiary/aromatic N) is 2. The standard InChI is InChI=1S/C16H21N5O/c17-10-13-3-1-4-14(9-13)20-15(22)18-11-16(5-6-16)12-21-8-2-7-19-21/h1-4,7-9H,5-6,10-12,17H2,(H2,18,20,22). The van der Waals surface area contributed by atoms with Gasteiger partial charge in [0.1, 0.15) is 0 Å². The lowest BCUT2D eigenvalue weighted by Gasteiger charge is -2.16. The van der Waals surface area contributed by atoms with Gasteiger partial charge in [0.05, 0.1) is 0 Å². The van der Waals surface area contributed by atoms with Crippen LogP contribution in [0.5, 0.6) is 0 Å². The molecule has 6 nitrogen and oxygen atoms in total. The average Bonchev–Trinajstić information content (AvgIpc) is 3.09. The zero-order valence-corrected chi connectivity index (χ0v) is 12.5. The van der Waals surface area contributed by atoms with Gasteiger partial charge in [0, 0.05) is 43.1 Å². The van der Waals surface area contributed by atoms with E-state index in [1.807, 2.05) is 41.2 Å². The van der Waals surface area contributed by atoms with Crippen LogP contribution in [-0.2, 0) is 13.1 Å². The Labute approximate surface area is 129 Å². The highest BCUT2D eigenvalue weighted by atomic mass is 16.2. The van der Waals surface area contributed by atoms with Crippen molar-refractivity contribution in [2.24, 2.45) is 11.1 Å². The number of hydrogen-bond donors (Lipinski definition) is 3. The summed E-state index contributed by atoms with van der Waals surface area (Å²) in [4.78, 5) is 12.0. The Morgan fingerprint density at radius 3 is 2.91 bits per heavy atom. The van der Waals surface area contributed by atoms with Crippen LogP contribution >= 0.6 is 0 Å². The first-order valence-corrected chi connectivity index (χ1v) is 7.50. The molecule has 1 aliphatic carbocycles. The minimum absolute atomic E-state index is 0.155. The molecular weight excluding hydrogens is 278 g/mol. The van der Waals surface area contributed by atoms with Crippen LogP contribution in [0.15, 0.2) is 42.7 Å². The number of aromatic nitrogens is 2. The summed E-state index contributed by atoms with van der Waals surface area (Å²) in [7, 11) is 0. The molecule has 0 unspecified atom stereocenters. The van der Waals surface area contributed by atoms with Gasteiger partial charge in [0.25, 0.3) is 0 Å². The second-order valence-corrected chi connectivity index (χ2v) is 5.92. The van der Waals surface area contributed by atoms with E-state index in [0.29, 0.717) is 13.1 Å². The normalized spacial score (nSPS) is 15.3. The topological polar surface area (TPSA) is 85.0 Å². The fourth-order valence-electron chi connectivity index (χ4n) is 2.52. The van der Waals surface area contributed by atoms with E-state index in [2.05, 4.69) is 15.7 Å². The van der Waals surface area contributed by atoms with Gasteiger partial charge < -0.3 is 16.4 Å². The van der Waals surface area contributed by atoms with Crippen molar-refractivity contribution >= 4 is 11.7 Å². The minimum Gasteiger partial charge on any atom is -0.337 e. The van der Waals surface area contributed by atoms with E-state index in [1.54, 1.807) is 6.20 Å². The molecule has 1 fully saturated rings. The predicted octanol–water partition coefficient (Wildman–Crippen LogP) is 1.94. The Morgan fingerprint density at radius 2 is 2.23 bits per heavy atom. The molecule has 116 valence electrons. The number of rotatable bonds is 6. The van der Waals surface area contributed by atoms with Crippen molar-refractivity contribution in [2.45, 2.75) is 25.9 Å². The van der Waals surface area contributed by atoms with E-state index in [1.165, 1.54) is 0 Å². The minimum atomic E-state index is -0.180. The van der Waals surface area contributed by atoms with Crippen molar-refractivity contribution in [2.75, 3.05) is 11.9 Å². The molecule has 0 spiro atoms. The number of nitrogens with one attached hydrogen (secondary N) is 2. The smallest absolute Gasteiger partial charge is 0.319 e. The highest BCUT2D eigenvalue weighted by Crippen LogP contribution is 2.46. The van der Waals surface area contributed by atoms with Crippen LogP contribution in [-0.4, -0.2) is 22.4 Å². The SMILES string of the molecule is NCc1cccc(NC(=O)NCC2(Cn3cccn3)CC2)c1. The van der Waals surface area contributed by atoms with Crippen LogP contribution < -0.4 is 16.4 Å². The first-order valence-electron chi connectivity index (χ1n) is 7.50. The van der Waals surface area contributed by atoms with Gasteiger partial charge in [-0.15, -0.1) is 0 Å². The molecular formula is C16H21N5O. The predicted molar refractivity (Wildman–Crippen MR) is 85.2 cm³/mol. The molecule has 3 rings (SSSR count). The van der Waals surface area contributed by atoms with Gasteiger partial charge in [-0.3, -0.25) is 4.68 Å². The van der Waals surface area contributed by atoms with Crippen molar-refractivity contribution in [3.8, 4) is 0 Å². The molecule has 1 saturated carbocycles. The molecule has 1 aliphatic rings. The first-order chi connectivity index (χ1) is 10.7. The number of carbonyl (C=O) groups is 1. The maximum Gasteiger partial charge on any atom is 0.319 e. The summed E-state index contributed by atoms with van der Waals surface area (Å²) in [6, 6.07) is 9.30. The summed E-state index contributed by atoms with van der Waals surface area (Å²) < 4.78 is 1.93. The summed E-state index contributed by atoms with van der Waals surface area (Å²) >= 11 is 0. The number of amides is 2. The number of carbonyl (C=O) groups excluding carboxylic acids is 1. The zero-order valence-electron chi connectivity index (χ0n) is 12.5. The Hall–Kier alpha value is -2.34. The van der Waals surface area contributed by atoms with Gasteiger partial charge in [-0.1, -0.05) is 12.1 Å². The van der Waals surface area contributed by atoms with E-state index in [-0.39, 0.29) is 11.4 Å². The molecule has 2 aromatic rings. The number of urea groups is 1. The fourth-order valence-corrected chi connectivity index (χ4v) is 2.52. The van der Waals surface area contributed by atoms with Gasteiger partial charge >= 0.3 is 6.03 Å². The molecule has 22 heavy (non-hydrogen) atoms. The first kappa shape index (κ1) is 14.6. The van der Waals surface area contributed by atoms with E-state index in [0.717, 1.165) is 30.6 Å². The Kier molecular flexibility index (Phi) is 4.11. The van der Waals surface area contributed by atoms with Gasteiger partial charge in [-0.05, 0) is 36.6 Å². The molecule has 6 heteroatoms. The number of nitrogens with two attached hydrogens (primary N) is 1. The molecule has 0 saturated heterocycles. The molecule has 0 bridgehead atoms. The van der Waals surface area contributed by atoms with Crippen LogP contribution in [0, 0.1) is 5.41 Å². The van der Waals surface area contributed by atoms with E-state index < -0.39 is 0 Å². The van der Waals surface area contributed by atoms with Crippen molar-refractivity contribution < 1.29 is 4.79 Å². The summed E-state index contributed by atoms with van der Waals surface area (Å²) in [5.74, 6) is 0. The summed E-state index contributed by atoms with van der Waals surface area (Å²) in [6.07, 6.45) is 5.98. The van der Waals surface area contributed by atoms with Crippen molar-refractivity contribution in [1.82, 2.24) is 15.1 Å². The van der Waals surface area contributed by atoms with Crippen LogP contribution in [0.25, 0.3) is 0 Å². The third kappa shape index (κ3) is 3.65. The Bertz CT molecular complexity index is 634. The van der Waals surface area contributed by atoms with Crippen LogP contribution in [0.4, 0.5) is 10.5 Å². The Balaban J connectivity index is 1.50. The third-order valence-electron chi connectivity index (χ3n) is 4.06. The quantitative estimate of drug-likeness (QED) is 0.762. The zero-order chi connectivity index (χ0) is 15.4. The Morgan fingerprint density at radius 1 is 1.36 bits per heavy atom. The summed E-state index contributed by atoms with van der Waals surface area (Å²) in [6.45, 7) is 1.97. The van der Waals surface area contributed by atoms with Gasteiger partial charge in [-0.25, -0.2) is 4.79 Å². The van der Waals surface area contributed by atoms with Crippen molar-refractivity contribution in [3.63, 3.8) is 0 Å². The molecule has 4 N–H and O–H groups in total. The lowest BCUT2D eigenvalue weighted by Crippen LogP contribution is -2.35. The van der Waals surface area contributed by atoms with Crippen LogP contribution in [0.2, 0.25) is 0 Å². The second kappa shape index (κ2) is 6.19. The number of anilines is 1. The largest absolute Gasteiger partial charge is 0.337 e. The van der Waals surface area contributed by atoms with Gasteiger partial charge in [0.15, 0.2) is 0 Å². The molecule has 1 aromatic heterocycles. The van der Waals surface area contributed by atoms with Gasteiger partial charge in [0.2, 0.25) is 0 Å². The monoisotopic (exact) mass is 299 g/mol. The molecule has 2 amide bonds. The van der Waals surface area contributed by atoms with E-state index in [9.17, 15) is 4.79 Å². The lowest BCUT2D eigenvalue weighted by molar-refractivity contribution is 0.248. The highest BCUT2D eigenvalue weighted by molar-refractivity contribution is 5.89. The molecule has 0 aliphatic heterocycles. The van der Waals surface area contributed by atoms with Crippen molar-refractivity contribution in [1.29, 1.82) is 0 Å². The summed E-state index contributed by atoms with van der Waals surface area (Å²) in [5.41, 5.74) is 7.51. The molecule has 1 aromatic carbocycles. The van der Waals surface area contributed by atoms with Gasteiger partial charge in [-0.2, -0.15) is 5.10 Å². The van der Waals surface area contributed by atoms with Crippen LogP contribution in [0.3, 0.4) is 0 Å². The van der Waals surface area contributed by atoms with Crippen LogP contribution in [0.1, 0.15) is 18.4 Å². The lowest BCUT2D eigenvalue weighted by atomic mass is 10.1. The summed E-state index contributed by atoms with van der Waals surface area (Å²) in [5, 5.41) is 10.0. The highest BCUT2D eigenvalue weighted by Gasteiger charge is 2.43. The molecule has 0 radical (unpaired) electrons. The third-order valence-corrected chi connectivity index (χ3v) is 4.06. The maximum atomic E-state index is 12.0.